The Bertz CT molecular complexity index is 371. The average Bonchev–Trinajstić information content (AvgIpc) is 2.67. The number of carbonyl (C=O) groups excluding carboxylic acids is 1. The number of amides is 1. The van der Waals surface area contributed by atoms with Gasteiger partial charge in [-0.15, -0.1) is 0 Å². The lowest BCUT2D eigenvalue weighted by Gasteiger charge is -2.26. The minimum atomic E-state index is -0.140. The van der Waals surface area contributed by atoms with E-state index < -0.39 is 0 Å². The van der Waals surface area contributed by atoms with Crippen LogP contribution in [0.25, 0.3) is 0 Å². The van der Waals surface area contributed by atoms with E-state index >= 15 is 0 Å². The van der Waals surface area contributed by atoms with Gasteiger partial charge in [-0.2, -0.15) is 5.53 Å². The van der Waals surface area contributed by atoms with E-state index in [1.807, 2.05) is 0 Å². The molecule has 0 bridgehead atoms. The van der Waals surface area contributed by atoms with Crippen LogP contribution < -0.4 is 11.0 Å². The standard InChI is InChI=1S/C12H18N4O/c1-9-3-4-10(2)16(9)15-14-12(17)11-5-7-13-8-6-11/h5-10,15H,3-4H2,1-2H3,(H,14,17). The van der Waals surface area contributed by atoms with Crippen molar-refractivity contribution < 1.29 is 4.79 Å². The molecule has 1 fully saturated rings. The Morgan fingerprint density at radius 1 is 1.29 bits per heavy atom. The minimum Gasteiger partial charge on any atom is -0.274 e. The Morgan fingerprint density at radius 3 is 2.47 bits per heavy atom. The molecule has 1 aromatic heterocycles. The first-order valence-electron chi connectivity index (χ1n) is 5.93. The van der Waals surface area contributed by atoms with Crippen molar-refractivity contribution in [1.29, 1.82) is 0 Å². The third-order valence-corrected chi connectivity index (χ3v) is 3.19. The maximum Gasteiger partial charge on any atom is 0.266 e. The molecular formula is C12H18N4O. The van der Waals surface area contributed by atoms with E-state index in [1.165, 1.54) is 0 Å². The number of rotatable bonds is 3. The first kappa shape index (κ1) is 12.0. The van der Waals surface area contributed by atoms with Gasteiger partial charge in [0.25, 0.3) is 5.91 Å². The summed E-state index contributed by atoms with van der Waals surface area (Å²) in [7, 11) is 0. The Kier molecular flexibility index (Phi) is 3.71. The van der Waals surface area contributed by atoms with Gasteiger partial charge in [-0.25, -0.2) is 5.01 Å². The summed E-state index contributed by atoms with van der Waals surface area (Å²) in [5.74, 6) is -0.140. The van der Waals surface area contributed by atoms with Gasteiger partial charge >= 0.3 is 0 Å². The molecule has 2 N–H and O–H groups in total. The molecule has 5 heteroatoms. The predicted molar refractivity (Wildman–Crippen MR) is 64.8 cm³/mol. The van der Waals surface area contributed by atoms with Gasteiger partial charge in [-0.3, -0.25) is 15.2 Å². The largest absolute Gasteiger partial charge is 0.274 e. The smallest absolute Gasteiger partial charge is 0.266 e. The van der Waals surface area contributed by atoms with E-state index in [-0.39, 0.29) is 5.91 Å². The van der Waals surface area contributed by atoms with Crippen LogP contribution in [-0.4, -0.2) is 28.0 Å². The third kappa shape index (κ3) is 2.81. The molecule has 2 unspecified atom stereocenters. The zero-order valence-corrected chi connectivity index (χ0v) is 10.2. The highest BCUT2D eigenvalue weighted by atomic mass is 16.2. The Hall–Kier alpha value is -1.46. The van der Waals surface area contributed by atoms with Crippen LogP contribution in [0.15, 0.2) is 24.5 Å². The zero-order valence-electron chi connectivity index (χ0n) is 10.2. The van der Waals surface area contributed by atoms with Gasteiger partial charge in [-0.1, -0.05) is 0 Å². The van der Waals surface area contributed by atoms with Crippen molar-refractivity contribution in [3.63, 3.8) is 0 Å². The molecular weight excluding hydrogens is 216 g/mol. The van der Waals surface area contributed by atoms with Crippen LogP contribution in [0.4, 0.5) is 0 Å². The molecule has 5 nitrogen and oxygen atoms in total. The van der Waals surface area contributed by atoms with Crippen molar-refractivity contribution in [3.05, 3.63) is 30.1 Å². The van der Waals surface area contributed by atoms with Crippen LogP contribution in [0.3, 0.4) is 0 Å². The number of pyridine rings is 1. The number of hydrogen-bond donors (Lipinski definition) is 2. The molecule has 0 saturated carbocycles. The second-order valence-electron chi connectivity index (χ2n) is 4.48. The number of hydrazine groups is 2. The van der Waals surface area contributed by atoms with Gasteiger partial charge in [0.2, 0.25) is 0 Å². The number of nitrogens with one attached hydrogen (secondary N) is 2. The average molecular weight is 234 g/mol. The lowest BCUT2D eigenvalue weighted by atomic mass is 10.2. The van der Waals surface area contributed by atoms with Crippen molar-refractivity contribution >= 4 is 5.91 Å². The van der Waals surface area contributed by atoms with Gasteiger partial charge in [0, 0.05) is 30.0 Å². The molecule has 2 rings (SSSR count). The van der Waals surface area contributed by atoms with E-state index in [0.29, 0.717) is 17.6 Å². The first-order valence-corrected chi connectivity index (χ1v) is 5.93. The molecule has 92 valence electrons. The van der Waals surface area contributed by atoms with Crippen LogP contribution in [0.1, 0.15) is 37.0 Å². The Morgan fingerprint density at radius 2 is 1.88 bits per heavy atom. The van der Waals surface area contributed by atoms with Gasteiger partial charge in [0.1, 0.15) is 0 Å². The number of hydrogen-bond acceptors (Lipinski definition) is 4. The number of carbonyl (C=O) groups is 1. The Labute approximate surface area is 101 Å². The number of nitrogens with zero attached hydrogens (tertiary/aromatic N) is 2. The van der Waals surface area contributed by atoms with Gasteiger partial charge < -0.3 is 0 Å². The minimum absolute atomic E-state index is 0.140. The summed E-state index contributed by atoms with van der Waals surface area (Å²) in [6.45, 7) is 4.30. The van der Waals surface area contributed by atoms with Crippen LogP contribution in [0.2, 0.25) is 0 Å². The molecule has 1 aliphatic rings. The van der Waals surface area contributed by atoms with Crippen molar-refractivity contribution in [2.24, 2.45) is 0 Å². The Balaban J connectivity index is 1.88. The molecule has 1 amide bonds. The highest BCUT2D eigenvalue weighted by molar-refractivity contribution is 5.93. The molecule has 17 heavy (non-hydrogen) atoms. The summed E-state index contributed by atoms with van der Waals surface area (Å²) in [6.07, 6.45) is 5.52. The molecule has 1 aromatic rings. The monoisotopic (exact) mass is 234 g/mol. The molecule has 2 atom stereocenters. The molecule has 0 aromatic carbocycles. The molecule has 1 aliphatic heterocycles. The second kappa shape index (κ2) is 5.25. The van der Waals surface area contributed by atoms with Crippen LogP contribution in [0, 0.1) is 0 Å². The van der Waals surface area contributed by atoms with Gasteiger partial charge in [-0.05, 0) is 38.8 Å². The molecule has 1 saturated heterocycles. The summed E-state index contributed by atoms with van der Waals surface area (Å²) < 4.78 is 0. The van der Waals surface area contributed by atoms with Crippen molar-refractivity contribution in [3.8, 4) is 0 Å². The molecule has 0 aliphatic carbocycles. The summed E-state index contributed by atoms with van der Waals surface area (Å²) in [5.41, 5.74) is 6.31. The highest BCUT2D eigenvalue weighted by Crippen LogP contribution is 2.20. The van der Waals surface area contributed by atoms with E-state index in [4.69, 9.17) is 0 Å². The quantitative estimate of drug-likeness (QED) is 0.769. The van der Waals surface area contributed by atoms with Crippen LogP contribution >= 0.6 is 0 Å². The van der Waals surface area contributed by atoms with Crippen LogP contribution in [0.5, 0.6) is 0 Å². The summed E-state index contributed by atoms with van der Waals surface area (Å²) in [4.78, 5) is 15.7. The maximum atomic E-state index is 11.8. The normalized spacial score (nSPS) is 24.8. The summed E-state index contributed by atoms with van der Waals surface area (Å²) in [6, 6.07) is 4.27. The third-order valence-electron chi connectivity index (χ3n) is 3.19. The molecule has 0 spiro atoms. The topological polar surface area (TPSA) is 57.3 Å². The van der Waals surface area contributed by atoms with Crippen molar-refractivity contribution in [1.82, 2.24) is 21.0 Å². The molecule has 2 heterocycles. The fourth-order valence-electron chi connectivity index (χ4n) is 2.11. The summed E-state index contributed by atoms with van der Waals surface area (Å²) >= 11 is 0. The fourth-order valence-corrected chi connectivity index (χ4v) is 2.11. The maximum absolute atomic E-state index is 11.8. The van der Waals surface area contributed by atoms with Crippen molar-refractivity contribution in [2.75, 3.05) is 0 Å². The summed E-state index contributed by atoms with van der Waals surface area (Å²) in [5, 5.41) is 2.08. The fraction of sp³-hybridized carbons (Fsp3) is 0.500. The van der Waals surface area contributed by atoms with Crippen molar-refractivity contribution in [2.45, 2.75) is 38.8 Å². The van der Waals surface area contributed by atoms with Gasteiger partial charge in [0.05, 0.1) is 0 Å². The second-order valence-corrected chi connectivity index (χ2v) is 4.48. The van der Waals surface area contributed by atoms with Gasteiger partial charge in [0.15, 0.2) is 0 Å². The van der Waals surface area contributed by atoms with E-state index in [1.54, 1.807) is 24.5 Å². The van der Waals surface area contributed by atoms with E-state index in [0.717, 1.165) is 12.8 Å². The highest BCUT2D eigenvalue weighted by Gasteiger charge is 2.27. The van der Waals surface area contributed by atoms with Crippen LogP contribution in [-0.2, 0) is 0 Å². The lowest BCUT2D eigenvalue weighted by molar-refractivity contribution is 0.0721. The SMILES string of the molecule is CC1CCC(C)N1NNC(=O)c1ccncc1. The molecule has 0 radical (unpaired) electrons. The lowest BCUT2D eigenvalue weighted by Crippen LogP contribution is -2.53. The first-order chi connectivity index (χ1) is 8.18. The predicted octanol–water partition coefficient (Wildman–Crippen LogP) is 1.10. The number of aromatic nitrogens is 1. The zero-order chi connectivity index (χ0) is 12.3. The van der Waals surface area contributed by atoms with E-state index in [2.05, 4.69) is 34.8 Å². The van der Waals surface area contributed by atoms with E-state index in [9.17, 15) is 4.79 Å².